The third-order valence-electron chi connectivity index (χ3n) is 5.38. The second-order valence-electron chi connectivity index (χ2n) is 7.10. The molecule has 30 heavy (non-hydrogen) atoms. The fourth-order valence-corrected chi connectivity index (χ4v) is 3.76. The first-order valence-corrected chi connectivity index (χ1v) is 9.48. The van der Waals surface area contributed by atoms with E-state index in [-0.39, 0.29) is 0 Å². The average Bonchev–Trinajstić information content (AvgIpc) is 2.76. The minimum absolute atomic E-state index is 0.370. The zero-order valence-corrected chi connectivity index (χ0v) is 17.9. The Bertz CT molecular complexity index is 1130. The monoisotopic (exact) mass is 402 g/mol. The summed E-state index contributed by atoms with van der Waals surface area (Å²) in [6, 6.07) is 15.4. The molecule has 0 spiro atoms. The van der Waals surface area contributed by atoms with E-state index in [9.17, 15) is 5.26 Å². The SMILES string of the molecule is COc1ccc(N(C)c2c(C#N)cc(N)c(N)c2-c2c(C)ccc(OC)c2C)cc1. The van der Waals surface area contributed by atoms with Gasteiger partial charge in [0.2, 0.25) is 0 Å². The van der Waals surface area contributed by atoms with Gasteiger partial charge in [0, 0.05) is 18.3 Å². The maximum Gasteiger partial charge on any atom is 0.122 e. The number of aryl methyl sites for hydroxylation is 1. The van der Waals surface area contributed by atoms with E-state index >= 15 is 0 Å². The van der Waals surface area contributed by atoms with E-state index in [0.29, 0.717) is 22.6 Å². The van der Waals surface area contributed by atoms with Crippen molar-refractivity contribution in [2.75, 3.05) is 37.6 Å². The highest BCUT2D eigenvalue weighted by atomic mass is 16.5. The number of methoxy groups -OCH3 is 2. The Kier molecular flexibility index (Phi) is 5.74. The molecular weight excluding hydrogens is 376 g/mol. The van der Waals surface area contributed by atoms with Crippen LogP contribution in [-0.4, -0.2) is 21.3 Å². The predicted molar refractivity (Wildman–Crippen MR) is 123 cm³/mol. The molecule has 0 saturated carbocycles. The predicted octanol–water partition coefficient (Wildman–Crippen LogP) is 4.79. The first-order chi connectivity index (χ1) is 14.3. The minimum atomic E-state index is 0.370. The molecule has 0 unspecified atom stereocenters. The maximum absolute atomic E-state index is 9.90. The molecule has 0 aromatic heterocycles. The molecule has 0 amide bonds. The molecule has 0 fully saturated rings. The molecule has 3 aromatic carbocycles. The first kappa shape index (κ1) is 20.9. The number of anilines is 4. The number of nitrogens with zero attached hydrogens (tertiary/aromatic N) is 2. The zero-order chi connectivity index (χ0) is 22.0. The molecule has 0 aliphatic heterocycles. The van der Waals surface area contributed by atoms with Crippen molar-refractivity contribution in [1.82, 2.24) is 0 Å². The van der Waals surface area contributed by atoms with E-state index in [1.807, 2.05) is 62.2 Å². The minimum Gasteiger partial charge on any atom is -0.497 e. The van der Waals surface area contributed by atoms with Gasteiger partial charge in [-0.05, 0) is 66.9 Å². The topological polar surface area (TPSA) is 97.5 Å². The number of ether oxygens (including phenoxy) is 2. The molecule has 154 valence electrons. The highest BCUT2D eigenvalue weighted by Gasteiger charge is 2.24. The zero-order valence-electron chi connectivity index (χ0n) is 17.9. The Balaban J connectivity index is 2.37. The van der Waals surface area contributed by atoms with Gasteiger partial charge in [-0.15, -0.1) is 0 Å². The summed E-state index contributed by atoms with van der Waals surface area (Å²) in [5, 5.41) is 9.90. The summed E-state index contributed by atoms with van der Waals surface area (Å²) >= 11 is 0. The molecule has 0 atom stereocenters. The Morgan fingerprint density at radius 1 is 0.933 bits per heavy atom. The Hall–Kier alpha value is -3.85. The van der Waals surface area contributed by atoms with Crippen LogP contribution in [0.3, 0.4) is 0 Å². The van der Waals surface area contributed by atoms with E-state index in [0.717, 1.165) is 39.4 Å². The molecule has 0 aliphatic carbocycles. The molecule has 3 aromatic rings. The second kappa shape index (κ2) is 8.26. The van der Waals surface area contributed by atoms with Gasteiger partial charge in [-0.25, -0.2) is 0 Å². The highest BCUT2D eigenvalue weighted by Crippen LogP contribution is 2.47. The van der Waals surface area contributed by atoms with E-state index in [1.165, 1.54) is 0 Å². The Morgan fingerprint density at radius 2 is 1.60 bits per heavy atom. The summed E-state index contributed by atoms with van der Waals surface area (Å²) in [7, 11) is 5.16. The van der Waals surface area contributed by atoms with E-state index in [2.05, 4.69) is 6.07 Å². The quantitative estimate of drug-likeness (QED) is 0.596. The van der Waals surface area contributed by atoms with Gasteiger partial charge in [0.25, 0.3) is 0 Å². The van der Waals surface area contributed by atoms with Crippen LogP contribution in [0.25, 0.3) is 11.1 Å². The van der Waals surface area contributed by atoms with Gasteiger partial charge in [-0.1, -0.05) is 6.07 Å². The number of hydrogen-bond acceptors (Lipinski definition) is 6. The number of benzene rings is 3. The standard InChI is InChI=1S/C24H26N4O2/c1-14-6-11-20(30-5)15(2)21(14)22-23(27)19(26)12-16(13-25)24(22)28(3)17-7-9-18(29-4)10-8-17/h6-12H,26-27H2,1-5H3. The number of nitrogens with two attached hydrogens (primary N) is 2. The molecule has 0 radical (unpaired) electrons. The van der Waals surface area contributed by atoms with E-state index in [1.54, 1.807) is 20.3 Å². The molecule has 6 nitrogen and oxygen atoms in total. The van der Waals surface area contributed by atoms with Crippen molar-refractivity contribution in [1.29, 1.82) is 5.26 Å². The lowest BCUT2D eigenvalue weighted by Gasteiger charge is -2.27. The van der Waals surface area contributed by atoms with Gasteiger partial charge in [0.05, 0.1) is 36.8 Å². The highest BCUT2D eigenvalue weighted by molar-refractivity contribution is 6.00. The lowest BCUT2D eigenvalue weighted by atomic mass is 9.89. The molecule has 0 aliphatic rings. The van der Waals surface area contributed by atoms with Crippen molar-refractivity contribution >= 4 is 22.7 Å². The van der Waals surface area contributed by atoms with Crippen LogP contribution in [0.15, 0.2) is 42.5 Å². The average molecular weight is 402 g/mol. The molecule has 0 heterocycles. The summed E-state index contributed by atoms with van der Waals surface area (Å²) < 4.78 is 10.8. The summed E-state index contributed by atoms with van der Waals surface area (Å²) in [6.07, 6.45) is 0. The van der Waals surface area contributed by atoms with Crippen molar-refractivity contribution in [2.24, 2.45) is 0 Å². The molecular formula is C24H26N4O2. The van der Waals surface area contributed by atoms with Crippen molar-refractivity contribution in [3.63, 3.8) is 0 Å². The van der Waals surface area contributed by atoms with E-state index in [4.69, 9.17) is 20.9 Å². The van der Waals surface area contributed by atoms with Crippen molar-refractivity contribution < 1.29 is 9.47 Å². The second-order valence-corrected chi connectivity index (χ2v) is 7.10. The summed E-state index contributed by atoms with van der Waals surface area (Å²) in [5.41, 5.74) is 19.1. The summed E-state index contributed by atoms with van der Waals surface area (Å²) in [5.74, 6) is 1.50. The smallest absolute Gasteiger partial charge is 0.122 e. The van der Waals surface area contributed by atoms with Crippen LogP contribution in [0.4, 0.5) is 22.7 Å². The van der Waals surface area contributed by atoms with Crippen LogP contribution in [-0.2, 0) is 0 Å². The van der Waals surface area contributed by atoms with Crippen molar-refractivity contribution in [2.45, 2.75) is 13.8 Å². The maximum atomic E-state index is 9.90. The van der Waals surface area contributed by atoms with E-state index < -0.39 is 0 Å². The number of rotatable bonds is 5. The lowest BCUT2D eigenvalue weighted by molar-refractivity contribution is 0.412. The Labute approximate surface area is 177 Å². The molecule has 0 saturated heterocycles. The third-order valence-corrected chi connectivity index (χ3v) is 5.38. The normalized spacial score (nSPS) is 10.4. The third kappa shape index (κ3) is 3.46. The van der Waals surface area contributed by atoms with Crippen LogP contribution in [0.1, 0.15) is 16.7 Å². The van der Waals surface area contributed by atoms with Gasteiger partial charge in [-0.2, -0.15) is 5.26 Å². The van der Waals surface area contributed by atoms with Crippen LogP contribution >= 0.6 is 0 Å². The van der Waals surface area contributed by atoms with Crippen molar-refractivity contribution in [3.05, 3.63) is 59.2 Å². The van der Waals surface area contributed by atoms with Gasteiger partial charge < -0.3 is 25.8 Å². The van der Waals surface area contributed by atoms with Crippen LogP contribution in [0, 0.1) is 25.2 Å². The fraction of sp³-hybridized carbons (Fsp3) is 0.208. The van der Waals surface area contributed by atoms with Crippen LogP contribution in [0.2, 0.25) is 0 Å². The molecule has 0 bridgehead atoms. The Morgan fingerprint density at radius 3 is 2.17 bits per heavy atom. The molecule has 3 rings (SSSR count). The van der Waals surface area contributed by atoms with Crippen LogP contribution < -0.4 is 25.8 Å². The number of nitrogen functional groups attached to an aromatic ring is 2. The van der Waals surface area contributed by atoms with Gasteiger partial charge in [0.1, 0.15) is 17.6 Å². The summed E-state index contributed by atoms with van der Waals surface area (Å²) in [6.45, 7) is 3.99. The lowest BCUT2D eigenvalue weighted by Crippen LogP contribution is -2.15. The first-order valence-electron chi connectivity index (χ1n) is 9.48. The van der Waals surface area contributed by atoms with Gasteiger partial charge in [-0.3, -0.25) is 0 Å². The molecule has 4 N–H and O–H groups in total. The van der Waals surface area contributed by atoms with Crippen LogP contribution in [0.5, 0.6) is 11.5 Å². The number of hydrogen-bond donors (Lipinski definition) is 2. The fourth-order valence-electron chi connectivity index (χ4n) is 3.76. The molecule has 6 heteroatoms. The van der Waals surface area contributed by atoms with Crippen molar-refractivity contribution in [3.8, 4) is 28.7 Å². The van der Waals surface area contributed by atoms with Gasteiger partial charge >= 0.3 is 0 Å². The number of nitriles is 1. The largest absolute Gasteiger partial charge is 0.497 e. The van der Waals surface area contributed by atoms with Gasteiger partial charge in [0.15, 0.2) is 0 Å². The summed E-state index contributed by atoms with van der Waals surface area (Å²) in [4.78, 5) is 1.95.